The van der Waals surface area contributed by atoms with Crippen LogP contribution in [0.15, 0.2) is 0 Å². The molecular weight excluding hydrogens is 482 g/mol. The Labute approximate surface area is 216 Å². The van der Waals surface area contributed by atoms with Crippen LogP contribution in [-0.4, -0.2) is 118 Å². The summed E-state index contributed by atoms with van der Waals surface area (Å²) in [6.45, 7) is 7.08. The van der Waals surface area contributed by atoms with Gasteiger partial charge in [0.05, 0.1) is 35.4 Å². The first-order chi connectivity index (χ1) is 17.2. The topological polar surface area (TPSA) is 174 Å². The minimum atomic E-state index is -2.10. The lowest BCUT2D eigenvalue weighted by molar-refractivity contribution is -0.296. The van der Waals surface area contributed by atoms with Crippen molar-refractivity contribution in [1.82, 2.24) is 4.90 Å². The Morgan fingerprint density at radius 3 is 2.22 bits per heavy atom. The Hall–Kier alpha value is -0.400. The SMILES string of the molecule is C[C@H]1CC[C@@H]2N(CC3C4C[C@@]56O[C@@]7(O)C(C(O)C(O)C5[C@]4(O)[C@@H](O)C(O)C3[C@]2(C)O)[C@]6(C)CC[C@@H]7O)C1. The summed E-state index contributed by atoms with van der Waals surface area (Å²) in [5.74, 6) is -5.64. The van der Waals surface area contributed by atoms with Gasteiger partial charge in [0.25, 0.3) is 0 Å². The maximum atomic E-state index is 12.5. The van der Waals surface area contributed by atoms with E-state index in [0.29, 0.717) is 18.9 Å². The van der Waals surface area contributed by atoms with Crippen molar-refractivity contribution < 1.29 is 45.6 Å². The van der Waals surface area contributed by atoms with Crippen LogP contribution in [0.5, 0.6) is 0 Å². The van der Waals surface area contributed by atoms with Crippen LogP contribution >= 0.6 is 0 Å². The molecule has 4 saturated carbocycles. The Morgan fingerprint density at radius 2 is 1.51 bits per heavy atom. The Morgan fingerprint density at radius 1 is 0.838 bits per heavy atom. The second-order valence-corrected chi connectivity index (χ2v) is 14.4. The molecule has 10 nitrogen and oxygen atoms in total. The van der Waals surface area contributed by atoms with Gasteiger partial charge < -0.3 is 45.6 Å². The molecule has 8 N–H and O–H groups in total. The molecule has 0 aromatic carbocycles. The average molecular weight is 526 g/mol. The molecule has 4 aliphatic carbocycles. The third-order valence-electron chi connectivity index (χ3n) is 12.9. The molecule has 37 heavy (non-hydrogen) atoms. The highest BCUT2D eigenvalue weighted by Crippen LogP contribution is 2.76. The molecule has 1 spiro atoms. The Kier molecular flexibility index (Phi) is 5.02. The number of aliphatic hydroxyl groups excluding tert-OH is 5. The maximum absolute atomic E-state index is 12.5. The largest absolute Gasteiger partial charge is 0.390 e. The van der Waals surface area contributed by atoms with Crippen LogP contribution in [0.1, 0.15) is 52.9 Å². The van der Waals surface area contributed by atoms with E-state index in [1.807, 2.05) is 6.92 Å². The van der Waals surface area contributed by atoms with E-state index in [1.165, 1.54) is 0 Å². The highest BCUT2D eigenvalue weighted by Gasteiger charge is 2.88. The van der Waals surface area contributed by atoms with Crippen LogP contribution in [-0.2, 0) is 4.74 Å². The predicted octanol–water partition coefficient (Wildman–Crippen LogP) is -1.84. The first-order valence-corrected chi connectivity index (χ1v) is 14.2. The lowest BCUT2D eigenvalue weighted by Crippen LogP contribution is -2.77. The van der Waals surface area contributed by atoms with Crippen molar-refractivity contribution in [2.75, 3.05) is 13.1 Å². The second kappa shape index (κ2) is 7.26. The van der Waals surface area contributed by atoms with Crippen molar-refractivity contribution in [1.29, 1.82) is 0 Å². The standard InChI is InChI=1S/C27H43NO9/c1-11-4-5-14-24(3,34)16-12(10-28(14)9-11)13-8-25-21(26(13,35)22(33)17(16)30)19(32)18(31)20-23(25,2)7-6-15(29)27(20,36)37-25/h11-22,29-36H,4-10H2,1-3H3/t11-,12?,13?,14-,15-,16?,17?,18?,19?,20?,21?,22-,23-,24+,25+,26-,27+/m0/s1. The Balaban J connectivity index is 1.39. The molecule has 17 atom stereocenters. The summed E-state index contributed by atoms with van der Waals surface area (Å²) in [4.78, 5) is 2.25. The van der Waals surface area contributed by atoms with Crippen molar-refractivity contribution in [2.24, 2.45) is 40.9 Å². The zero-order chi connectivity index (χ0) is 26.7. The van der Waals surface area contributed by atoms with E-state index < -0.39 is 88.1 Å². The number of piperidine rings is 2. The quantitative estimate of drug-likeness (QED) is 0.179. The molecular formula is C27H43NO9. The number of hydrogen-bond acceptors (Lipinski definition) is 10. The van der Waals surface area contributed by atoms with Crippen molar-refractivity contribution in [3.8, 4) is 0 Å². The van der Waals surface area contributed by atoms with Gasteiger partial charge in [-0.3, -0.25) is 4.90 Å². The van der Waals surface area contributed by atoms with E-state index in [4.69, 9.17) is 4.74 Å². The maximum Gasteiger partial charge on any atom is 0.198 e. The highest BCUT2D eigenvalue weighted by atomic mass is 16.7. The van der Waals surface area contributed by atoms with Gasteiger partial charge in [0.1, 0.15) is 17.8 Å². The number of fused-ring (bicyclic) bond motifs is 5. The average Bonchev–Trinajstić information content (AvgIpc) is 3.13. The van der Waals surface area contributed by atoms with Gasteiger partial charge in [-0.1, -0.05) is 13.8 Å². The zero-order valence-electron chi connectivity index (χ0n) is 21.8. The molecule has 4 bridgehead atoms. The predicted molar refractivity (Wildman–Crippen MR) is 128 cm³/mol. The van der Waals surface area contributed by atoms with Gasteiger partial charge in [-0.05, 0) is 56.8 Å². The van der Waals surface area contributed by atoms with Crippen LogP contribution in [0.4, 0.5) is 0 Å². The van der Waals surface area contributed by atoms with Gasteiger partial charge in [-0.2, -0.15) is 0 Å². The molecule has 210 valence electrons. The molecule has 0 aromatic heterocycles. The van der Waals surface area contributed by atoms with Crippen LogP contribution in [0, 0.1) is 40.9 Å². The van der Waals surface area contributed by atoms with E-state index in [1.54, 1.807) is 6.92 Å². The second-order valence-electron chi connectivity index (χ2n) is 14.4. The summed E-state index contributed by atoms with van der Waals surface area (Å²) in [7, 11) is 0. The lowest BCUT2D eigenvalue weighted by atomic mass is 9.48. The summed E-state index contributed by atoms with van der Waals surface area (Å²) < 4.78 is 6.42. The van der Waals surface area contributed by atoms with Crippen molar-refractivity contribution in [2.45, 2.75) is 112 Å². The molecule has 0 aromatic rings. The zero-order valence-corrected chi connectivity index (χ0v) is 21.8. The molecule has 10 heteroatoms. The van der Waals surface area contributed by atoms with Gasteiger partial charge >= 0.3 is 0 Å². The summed E-state index contributed by atoms with van der Waals surface area (Å²) in [5, 5.41) is 92.8. The van der Waals surface area contributed by atoms with E-state index in [0.717, 1.165) is 19.4 Å². The van der Waals surface area contributed by atoms with Gasteiger partial charge in [0.2, 0.25) is 0 Å². The van der Waals surface area contributed by atoms with Crippen LogP contribution in [0.25, 0.3) is 0 Å². The molecule has 7 fully saturated rings. The van der Waals surface area contributed by atoms with Gasteiger partial charge in [-0.25, -0.2) is 0 Å². The number of hydrogen-bond donors (Lipinski definition) is 8. The van der Waals surface area contributed by atoms with Gasteiger partial charge in [0.15, 0.2) is 5.79 Å². The van der Waals surface area contributed by atoms with Gasteiger partial charge in [-0.15, -0.1) is 0 Å². The van der Waals surface area contributed by atoms with Crippen molar-refractivity contribution in [3.63, 3.8) is 0 Å². The van der Waals surface area contributed by atoms with Crippen molar-refractivity contribution >= 4 is 0 Å². The Bertz CT molecular complexity index is 997. The summed E-state index contributed by atoms with van der Waals surface area (Å²) in [6.07, 6.45) is -4.91. The minimum Gasteiger partial charge on any atom is -0.390 e. The van der Waals surface area contributed by atoms with Crippen LogP contribution in [0.3, 0.4) is 0 Å². The minimum absolute atomic E-state index is 0.174. The number of rotatable bonds is 0. The first-order valence-electron chi connectivity index (χ1n) is 14.2. The summed E-state index contributed by atoms with van der Waals surface area (Å²) in [5.41, 5.74) is -5.58. The molecule has 0 amide bonds. The van der Waals surface area contributed by atoms with Gasteiger partial charge in [0, 0.05) is 36.4 Å². The third-order valence-corrected chi connectivity index (χ3v) is 12.9. The van der Waals surface area contributed by atoms with Crippen LogP contribution in [0.2, 0.25) is 0 Å². The monoisotopic (exact) mass is 525 g/mol. The van der Waals surface area contributed by atoms with E-state index in [2.05, 4.69) is 11.8 Å². The van der Waals surface area contributed by atoms with E-state index in [-0.39, 0.29) is 18.9 Å². The molecule has 3 aliphatic heterocycles. The molecule has 3 saturated heterocycles. The third kappa shape index (κ3) is 2.59. The van der Waals surface area contributed by atoms with Crippen LogP contribution < -0.4 is 0 Å². The lowest BCUT2D eigenvalue weighted by Gasteiger charge is -2.63. The summed E-state index contributed by atoms with van der Waals surface area (Å²) >= 11 is 0. The summed E-state index contributed by atoms with van der Waals surface area (Å²) in [6, 6.07) is -0.174. The number of ether oxygens (including phenoxy) is 1. The fourth-order valence-corrected chi connectivity index (χ4v) is 11.4. The molecule has 7 aliphatic rings. The number of aliphatic hydroxyl groups is 8. The smallest absolute Gasteiger partial charge is 0.198 e. The first kappa shape index (κ1) is 25.6. The number of nitrogens with zero attached hydrogens (tertiary/aromatic N) is 1. The molecule has 3 heterocycles. The fourth-order valence-electron chi connectivity index (χ4n) is 11.4. The van der Waals surface area contributed by atoms with Crippen molar-refractivity contribution in [3.05, 3.63) is 0 Å². The fraction of sp³-hybridized carbons (Fsp3) is 1.00. The molecule has 7 rings (SSSR count). The molecule has 8 unspecified atom stereocenters. The highest BCUT2D eigenvalue weighted by molar-refractivity contribution is 5.34. The van der Waals surface area contributed by atoms with E-state index in [9.17, 15) is 40.9 Å². The molecule has 0 radical (unpaired) electrons. The van der Waals surface area contributed by atoms with E-state index >= 15 is 0 Å². The normalized spacial score (nSPS) is 68.5.